The van der Waals surface area contributed by atoms with Gasteiger partial charge in [-0.3, -0.25) is 4.18 Å². The van der Waals surface area contributed by atoms with Crippen molar-refractivity contribution in [1.29, 1.82) is 0 Å². The molecule has 1 aromatic rings. The van der Waals surface area contributed by atoms with Gasteiger partial charge in [-0.1, -0.05) is 12.1 Å². The Hall–Kier alpha value is -1.68. The lowest BCUT2D eigenvalue weighted by Crippen LogP contribution is -2.28. The summed E-state index contributed by atoms with van der Waals surface area (Å²) in [6, 6.07) is 7.58. The first-order valence-corrected chi connectivity index (χ1v) is 11.0. The standard InChI is InChI=1S/C19H30O8S/c1-4-24-12-13-25-14-15-26-17-10-8-16(9-11-17)6-5-7-18(19(20)23-2)27-28(3,21)22/h8-11,18H,4-7,12-15H2,1-3H3/t18-/m1/s1. The number of hydrogen-bond acceptors (Lipinski definition) is 8. The number of carbonyl (C=O) groups excluding carboxylic acids is 1. The van der Waals surface area contributed by atoms with Gasteiger partial charge in [-0.25, -0.2) is 4.79 Å². The highest BCUT2D eigenvalue weighted by molar-refractivity contribution is 7.86. The molecule has 0 saturated carbocycles. The van der Waals surface area contributed by atoms with Gasteiger partial charge in [0.25, 0.3) is 10.1 Å². The van der Waals surface area contributed by atoms with Crippen molar-refractivity contribution in [3.8, 4) is 5.75 Å². The topological polar surface area (TPSA) is 97.4 Å². The van der Waals surface area contributed by atoms with Crippen molar-refractivity contribution in [2.24, 2.45) is 0 Å². The summed E-state index contributed by atoms with van der Waals surface area (Å²) in [7, 11) is -2.53. The second-order valence-electron chi connectivity index (χ2n) is 6.01. The van der Waals surface area contributed by atoms with Gasteiger partial charge < -0.3 is 18.9 Å². The Morgan fingerprint density at radius 2 is 1.68 bits per heavy atom. The average Bonchev–Trinajstić information content (AvgIpc) is 2.66. The fourth-order valence-electron chi connectivity index (χ4n) is 2.37. The molecule has 1 rings (SSSR count). The minimum absolute atomic E-state index is 0.247. The van der Waals surface area contributed by atoms with Crippen molar-refractivity contribution < 1.29 is 36.3 Å². The van der Waals surface area contributed by atoms with Crippen molar-refractivity contribution >= 4 is 16.1 Å². The van der Waals surface area contributed by atoms with Gasteiger partial charge in [0, 0.05) is 6.61 Å². The van der Waals surface area contributed by atoms with E-state index in [9.17, 15) is 13.2 Å². The first-order chi connectivity index (χ1) is 13.4. The molecular weight excluding hydrogens is 388 g/mol. The van der Waals surface area contributed by atoms with Gasteiger partial charge >= 0.3 is 5.97 Å². The molecular formula is C19H30O8S. The van der Waals surface area contributed by atoms with E-state index in [1.165, 1.54) is 7.11 Å². The molecule has 8 nitrogen and oxygen atoms in total. The predicted octanol–water partition coefficient (Wildman–Crippen LogP) is 1.96. The molecule has 0 saturated heterocycles. The molecule has 0 fully saturated rings. The first-order valence-electron chi connectivity index (χ1n) is 9.19. The van der Waals surface area contributed by atoms with Gasteiger partial charge in [-0.15, -0.1) is 0 Å². The van der Waals surface area contributed by atoms with E-state index in [0.717, 1.165) is 17.6 Å². The van der Waals surface area contributed by atoms with Crippen molar-refractivity contribution in [2.75, 3.05) is 46.4 Å². The van der Waals surface area contributed by atoms with E-state index in [-0.39, 0.29) is 6.42 Å². The zero-order valence-electron chi connectivity index (χ0n) is 16.7. The van der Waals surface area contributed by atoms with E-state index in [1.54, 1.807) is 0 Å². The largest absolute Gasteiger partial charge is 0.491 e. The molecule has 0 spiro atoms. The molecule has 0 heterocycles. The minimum atomic E-state index is -3.73. The van der Waals surface area contributed by atoms with Crippen LogP contribution in [0.5, 0.6) is 5.75 Å². The lowest BCUT2D eigenvalue weighted by molar-refractivity contribution is -0.149. The second kappa shape index (κ2) is 13.5. The molecule has 0 aliphatic carbocycles. The lowest BCUT2D eigenvalue weighted by Gasteiger charge is -2.14. The fraction of sp³-hybridized carbons (Fsp3) is 0.632. The average molecular weight is 419 g/mol. The normalized spacial score (nSPS) is 12.5. The molecule has 0 aliphatic rings. The third kappa shape index (κ3) is 11.2. The molecule has 0 amide bonds. The number of methoxy groups -OCH3 is 1. The van der Waals surface area contributed by atoms with Gasteiger partial charge in [0.15, 0.2) is 6.10 Å². The maximum absolute atomic E-state index is 11.6. The first kappa shape index (κ1) is 24.4. The summed E-state index contributed by atoms with van der Waals surface area (Å²) in [5.74, 6) is 0.0441. The van der Waals surface area contributed by atoms with Crippen LogP contribution in [0.4, 0.5) is 0 Å². The number of hydrogen-bond donors (Lipinski definition) is 0. The fourth-order valence-corrected chi connectivity index (χ4v) is 2.97. The van der Waals surface area contributed by atoms with Crippen molar-refractivity contribution in [3.05, 3.63) is 29.8 Å². The molecule has 160 valence electrons. The van der Waals surface area contributed by atoms with E-state index in [4.69, 9.17) is 18.4 Å². The molecule has 0 aromatic heterocycles. The summed E-state index contributed by atoms with van der Waals surface area (Å²) < 4.78 is 48.0. The monoisotopic (exact) mass is 418 g/mol. The highest BCUT2D eigenvalue weighted by Crippen LogP contribution is 2.16. The molecule has 0 unspecified atom stereocenters. The van der Waals surface area contributed by atoms with E-state index < -0.39 is 22.2 Å². The SMILES string of the molecule is CCOCCOCCOc1ccc(CCC[C@@H](OS(C)(=O)=O)C(=O)OC)cc1. The Morgan fingerprint density at radius 3 is 2.29 bits per heavy atom. The Balaban J connectivity index is 2.32. The van der Waals surface area contributed by atoms with Gasteiger partial charge in [0.2, 0.25) is 0 Å². The molecule has 0 N–H and O–H groups in total. The van der Waals surface area contributed by atoms with Crippen LogP contribution in [-0.2, 0) is 39.7 Å². The summed E-state index contributed by atoms with van der Waals surface area (Å²) in [4.78, 5) is 11.6. The molecule has 0 radical (unpaired) electrons. The van der Waals surface area contributed by atoms with E-state index >= 15 is 0 Å². The van der Waals surface area contributed by atoms with Crippen LogP contribution in [0.15, 0.2) is 24.3 Å². The van der Waals surface area contributed by atoms with Gasteiger partial charge in [-0.05, 0) is 43.9 Å². The summed E-state index contributed by atoms with van der Waals surface area (Å²) in [5, 5.41) is 0. The van der Waals surface area contributed by atoms with Crippen LogP contribution in [0.3, 0.4) is 0 Å². The minimum Gasteiger partial charge on any atom is -0.491 e. The quantitative estimate of drug-likeness (QED) is 0.242. The summed E-state index contributed by atoms with van der Waals surface area (Å²) >= 11 is 0. The maximum Gasteiger partial charge on any atom is 0.336 e. The third-order valence-electron chi connectivity index (χ3n) is 3.68. The lowest BCUT2D eigenvalue weighted by atomic mass is 10.1. The Labute approximate surface area is 167 Å². The smallest absolute Gasteiger partial charge is 0.336 e. The van der Waals surface area contributed by atoms with Crippen LogP contribution in [-0.4, -0.2) is 66.9 Å². The van der Waals surface area contributed by atoms with Gasteiger partial charge in [-0.2, -0.15) is 8.42 Å². The van der Waals surface area contributed by atoms with Crippen LogP contribution in [0, 0.1) is 0 Å². The number of esters is 1. The van der Waals surface area contributed by atoms with Gasteiger partial charge in [0.05, 0.1) is 33.2 Å². The number of aryl methyl sites for hydroxylation is 1. The summed E-state index contributed by atoms with van der Waals surface area (Å²) in [6.07, 6.45) is 1.28. The zero-order valence-corrected chi connectivity index (χ0v) is 17.5. The van der Waals surface area contributed by atoms with Crippen LogP contribution < -0.4 is 4.74 Å². The number of rotatable bonds is 15. The summed E-state index contributed by atoms with van der Waals surface area (Å²) in [6.45, 7) is 4.69. The molecule has 9 heteroatoms. The highest BCUT2D eigenvalue weighted by atomic mass is 32.2. The van der Waals surface area contributed by atoms with E-state index in [0.29, 0.717) is 45.9 Å². The summed E-state index contributed by atoms with van der Waals surface area (Å²) in [5.41, 5.74) is 1.04. The molecule has 1 aromatic carbocycles. The third-order valence-corrected chi connectivity index (χ3v) is 4.26. The predicted molar refractivity (Wildman–Crippen MR) is 104 cm³/mol. The maximum atomic E-state index is 11.6. The Bertz CT molecular complexity index is 657. The molecule has 0 bridgehead atoms. The molecule has 0 aliphatic heterocycles. The molecule has 1 atom stereocenters. The van der Waals surface area contributed by atoms with Gasteiger partial charge in [0.1, 0.15) is 12.4 Å². The highest BCUT2D eigenvalue weighted by Gasteiger charge is 2.24. The molecule has 28 heavy (non-hydrogen) atoms. The van der Waals surface area contributed by atoms with Crippen LogP contribution in [0.1, 0.15) is 25.3 Å². The van der Waals surface area contributed by atoms with Crippen molar-refractivity contribution in [2.45, 2.75) is 32.3 Å². The van der Waals surface area contributed by atoms with Crippen molar-refractivity contribution in [1.82, 2.24) is 0 Å². The number of carbonyl (C=O) groups is 1. The van der Waals surface area contributed by atoms with E-state index in [2.05, 4.69) is 4.74 Å². The van der Waals surface area contributed by atoms with E-state index in [1.807, 2.05) is 31.2 Å². The zero-order chi connectivity index (χ0) is 20.8. The van der Waals surface area contributed by atoms with Crippen LogP contribution in [0.2, 0.25) is 0 Å². The van der Waals surface area contributed by atoms with Crippen LogP contribution >= 0.6 is 0 Å². The second-order valence-corrected chi connectivity index (χ2v) is 7.61. The number of ether oxygens (including phenoxy) is 4. The number of benzene rings is 1. The van der Waals surface area contributed by atoms with Crippen LogP contribution in [0.25, 0.3) is 0 Å². The Morgan fingerprint density at radius 1 is 1.04 bits per heavy atom. The Kier molecular flexibility index (Phi) is 11.7. The van der Waals surface area contributed by atoms with Crippen molar-refractivity contribution in [3.63, 3.8) is 0 Å².